The van der Waals surface area contributed by atoms with Crippen LogP contribution in [-0.2, 0) is 0 Å². The van der Waals surface area contributed by atoms with Gasteiger partial charge in [0.15, 0.2) is 0 Å². The Morgan fingerprint density at radius 1 is 0.818 bits per heavy atom. The first-order valence-electron chi connectivity index (χ1n) is 9.08. The van der Waals surface area contributed by atoms with Crippen LogP contribution in [0.3, 0.4) is 0 Å². The highest BCUT2D eigenvalue weighted by Crippen LogP contribution is 2.65. The van der Waals surface area contributed by atoms with Gasteiger partial charge in [-0.15, -0.1) is 0 Å². The van der Waals surface area contributed by atoms with E-state index in [4.69, 9.17) is 0 Å². The molecule has 0 aliphatic heterocycles. The normalized spacial score (nSPS) is 46.2. The molecule has 0 heterocycles. The van der Waals surface area contributed by atoms with Crippen molar-refractivity contribution in [3.8, 4) is 0 Å². The first kappa shape index (κ1) is 11.9. The Labute approximate surface area is 132 Å². The lowest BCUT2D eigenvalue weighted by Crippen LogP contribution is -2.19. The van der Waals surface area contributed by atoms with Gasteiger partial charge in [-0.3, -0.25) is 0 Å². The molecule has 0 radical (unpaired) electrons. The molecule has 5 unspecified atom stereocenters. The molecule has 0 saturated heterocycles. The first-order valence-corrected chi connectivity index (χ1v) is 9.08. The van der Waals surface area contributed by atoms with Crippen molar-refractivity contribution in [2.75, 3.05) is 0 Å². The van der Waals surface area contributed by atoms with E-state index in [2.05, 4.69) is 48.6 Å². The average Bonchev–Trinajstić information content (AvgIpc) is 3.13. The summed E-state index contributed by atoms with van der Waals surface area (Å²) in [5.74, 6) is 4.84. The first-order chi connectivity index (χ1) is 10.9. The van der Waals surface area contributed by atoms with E-state index in [0.29, 0.717) is 5.92 Å². The molecule has 0 aromatic heterocycles. The standard InChI is InChI=1S/C22H22/c1-3-7-17-15(5-1)16-6-2-4-8-18(16)21(17)22-19-11-13-9-10-14(13)12-20(19)22/h1-3,5-7,11-12,15,17,19-22H,4,8-10H2. The quantitative estimate of drug-likeness (QED) is 0.626. The smallest absolute Gasteiger partial charge is 0.00894 e. The van der Waals surface area contributed by atoms with Gasteiger partial charge in [0.1, 0.15) is 0 Å². The second-order valence-corrected chi connectivity index (χ2v) is 7.94. The van der Waals surface area contributed by atoms with E-state index < -0.39 is 0 Å². The molecule has 0 bridgehead atoms. The molecule has 0 aromatic rings. The minimum atomic E-state index is 0.668. The number of hydrogen-bond donors (Lipinski definition) is 0. The number of hydrogen-bond acceptors (Lipinski definition) is 0. The minimum Gasteiger partial charge on any atom is -0.0839 e. The lowest BCUT2D eigenvalue weighted by atomic mass is 9.79. The monoisotopic (exact) mass is 286 g/mol. The van der Waals surface area contributed by atoms with Crippen LogP contribution in [0, 0.1) is 35.5 Å². The fraction of sp³-hybridized carbons (Fsp3) is 0.455. The topological polar surface area (TPSA) is 0 Å². The van der Waals surface area contributed by atoms with E-state index in [9.17, 15) is 0 Å². The maximum Gasteiger partial charge on any atom is 0.00894 e. The Hall–Kier alpha value is -1.56. The van der Waals surface area contributed by atoms with Crippen LogP contribution in [0.4, 0.5) is 0 Å². The summed E-state index contributed by atoms with van der Waals surface area (Å²) in [4.78, 5) is 0. The summed E-state index contributed by atoms with van der Waals surface area (Å²) in [6, 6.07) is 0. The molecule has 0 heteroatoms. The van der Waals surface area contributed by atoms with Gasteiger partial charge in [-0.25, -0.2) is 0 Å². The van der Waals surface area contributed by atoms with E-state index in [1.54, 1.807) is 16.7 Å². The maximum absolute atomic E-state index is 2.66. The van der Waals surface area contributed by atoms with Gasteiger partial charge in [0.2, 0.25) is 0 Å². The second-order valence-electron chi connectivity index (χ2n) is 7.94. The summed E-state index contributed by atoms with van der Waals surface area (Å²) in [7, 11) is 0. The predicted octanol–water partition coefficient (Wildman–Crippen LogP) is 5.14. The van der Waals surface area contributed by atoms with Gasteiger partial charge in [0, 0.05) is 5.92 Å². The molecule has 0 nitrogen and oxygen atoms in total. The summed E-state index contributed by atoms with van der Waals surface area (Å²) >= 11 is 0. The molecule has 0 spiro atoms. The molecule has 2 saturated carbocycles. The lowest BCUT2D eigenvalue weighted by Gasteiger charge is -2.25. The summed E-state index contributed by atoms with van der Waals surface area (Å²) in [5.41, 5.74) is 6.87. The zero-order valence-corrected chi connectivity index (χ0v) is 12.9. The van der Waals surface area contributed by atoms with Crippen molar-refractivity contribution in [2.24, 2.45) is 35.5 Å². The Bertz CT molecular complexity index is 710. The Kier molecular flexibility index (Phi) is 2.19. The summed E-state index contributed by atoms with van der Waals surface area (Å²) in [6.07, 6.45) is 25.0. The van der Waals surface area contributed by atoms with E-state index in [1.807, 2.05) is 5.57 Å². The van der Waals surface area contributed by atoms with Gasteiger partial charge in [-0.1, -0.05) is 54.2 Å². The molecule has 6 aliphatic carbocycles. The Morgan fingerprint density at radius 3 is 2.36 bits per heavy atom. The van der Waals surface area contributed by atoms with Crippen LogP contribution in [0.1, 0.15) is 25.7 Å². The highest BCUT2D eigenvalue weighted by molar-refractivity contribution is 5.50. The van der Waals surface area contributed by atoms with Crippen LogP contribution in [0.2, 0.25) is 0 Å². The van der Waals surface area contributed by atoms with Crippen molar-refractivity contribution < 1.29 is 0 Å². The van der Waals surface area contributed by atoms with Gasteiger partial charge in [-0.05, 0) is 72.0 Å². The molecule has 5 atom stereocenters. The second kappa shape index (κ2) is 4.04. The zero-order valence-electron chi connectivity index (χ0n) is 12.9. The van der Waals surface area contributed by atoms with Crippen LogP contribution in [0.15, 0.2) is 70.9 Å². The summed E-state index contributed by atoms with van der Waals surface area (Å²) in [5, 5.41) is 0. The van der Waals surface area contributed by atoms with Crippen LogP contribution < -0.4 is 0 Å². The number of fused-ring (bicyclic) bond motifs is 4. The molecular formula is C22H22. The van der Waals surface area contributed by atoms with Crippen LogP contribution in [0.5, 0.6) is 0 Å². The van der Waals surface area contributed by atoms with Gasteiger partial charge in [0.05, 0.1) is 0 Å². The molecule has 110 valence electrons. The third-order valence-electron chi connectivity index (χ3n) is 7.07. The number of rotatable bonds is 1. The van der Waals surface area contributed by atoms with Gasteiger partial charge in [0.25, 0.3) is 0 Å². The lowest BCUT2D eigenvalue weighted by molar-refractivity contribution is 0.373. The molecule has 6 rings (SSSR count). The van der Waals surface area contributed by atoms with Crippen LogP contribution in [-0.4, -0.2) is 0 Å². The van der Waals surface area contributed by atoms with Crippen LogP contribution >= 0.6 is 0 Å². The highest BCUT2D eigenvalue weighted by atomic mass is 14.6. The van der Waals surface area contributed by atoms with E-state index in [0.717, 1.165) is 29.6 Å². The zero-order chi connectivity index (χ0) is 14.3. The SMILES string of the molecule is C1=CC2C3=C(CCC=C3)C(C3C4C=C5CCC5=CC43)C2C=C1. The van der Waals surface area contributed by atoms with Crippen LogP contribution in [0.25, 0.3) is 0 Å². The fourth-order valence-corrected chi connectivity index (χ4v) is 5.95. The van der Waals surface area contributed by atoms with Gasteiger partial charge >= 0.3 is 0 Å². The molecule has 0 amide bonds. The van der Waals surface area contributed by atoms with Crippen molar-refractivity contribution in [3.63, 3.8) is 0 Å². The Morgan fingerprint density at radius 2 is 1.59 bits per heavy atom. The molecule has 6 aliphatic rings. The molecule has 2 fully saturated rings. The van der Waals surface area contributed by atoms with Crippen molar-refractivity contribution in [1.82, 2.24) is 0 Å². The van der Waals surface area contributed by atoms with E-state index in [1.165, 1.54) is 25.7 Å². The third kappa shape index (κ3) is 1.39. The minimum absolute atomic E-state index is 0.668. The van der Waals surface area contributed by atoms with Crippen molar-refractivity contribution in [1.29, 1.82) is 0 Å². The number of allylic oxidation sites excluding steroid dienone is 12. The summed E-state index contributed by atoms with van der Waals surface area (Å²) in [6.45, 7) is 0. The molecular weight excluding hydrogens is 264 g/mol. The molecule has 22 heavy (non-hydrogen) atoms. The molecule has 0 aromatic carbocycles. The fourth-order valence-electron chi connectivity index (χ4n) is 5.95. The third-order valence-corrected chi connectivity index (χ3v) is 7.07. The van der Waals surface area contributed by atoms with E-state index in [-0.39, 0.29) is 0 Å². The molecule has 0 N–H and O–H groups in total. The Balaban J connectivity index is 1.42. The average molecular weight is 286 g/mol. The maximum atomic E-state index is 2.66. The van der Waals surface area contributed by atoms with Crippen molar-refractivity contribution >= 4 is 0 Å². The summed E-state index contributed by atoms with van der Waals surface area (Å²) < 4.78 is 0. The highest BCUT2D eigenvalue weighted by Gasteiger charge is 2.58. The largest absolute Gasteiger partial charge is 0.0839 e. The van der Waals surface area contributed by atoms with Crippen molar-refractivity contribution in [2.45, 2.75) is 25.7 Å². The van der Waals surface area contributed by atoms with E-state index >= 15 is 0 Å². The van der Waals surface area contributed by atoms with Crippen molar-refractivity contribution in [3.05, 3.63) is 70.9 Å². The predicted molar refractivity (Wildman–Crippen MR) is 90.0 cm³/mol. The van der Waals surface area contributed by atoms with Gasteiger partial charge in [-0.2, -0.15) is 0 Å². The van der Waals surface area contributed by atoms with Gasteiger partial charge < -0.3 is 0 Å².